The minimum atomic E-state index is -0.174. The summed E-state index contributed by atoms with van der Waals surface area (Å²) in [5, 5.41) is 0. The van der Waals surface area contributed by atoms with Crippen molar-refractivity contribution in [3.8, 4) is 0 Å². The Hall–Kier alpha value is 1.44. The standard InChI is InChI=1S/C4H6Br3/c1-3(2)4(5,6)7/h3H,1H2,2H3. The van der Waals surface area contributed by atoms with Crippen LogP contribution in [0.4, 0.5) is 0 Å². The molecule has 0 heterocycles. The van der Waals surface area contributed by atoms with Gasteiger partial charge in [-0.15, -0.1) is 0 Å². The van der Waals surface area contributed by atoms with Crippen LogP contribution in [0.1, 0.15) is 6.92 Å². The van der Waals surface area contributed by atoms with E-state index in [4.69, 9.17) is 0 Å². The second-order valence-electron chi connectivity index (χ2n) is 1.44. The van der Waals surface area contributed by atoms with E-state index in [1.165, 1.54) is 0 Å². The molecule has 0 N–H and O–H groups in total. The van der Waals surface area contributed by atoms with Crippen LogP contribution in [0.3, 0.4) is 0 Å². The third-order valence-corrected chi connectivity index (χ3v) is 2.90. The zero-order chi connectivity index (χ0) is 6.08. The van der Waals surface area contributed by atoms with Gasteiger partial charge in [-0.1, -0.05) is 54.7 Å². The molecule has 1 radical (unpaired) electrons. The second kappa shape index (κ2) is 2.83. The molecule has 0 fully saturated rings. The molecule has 0 saturated heterocycles. The quantitative estimate of drug-likeness (QED) is 0.601. The molecule has 0 aromatic rings. The van der Waals surface area contributed by atoms with E-state index >= 15 is 0 Å². The van der Waals surface area contributed by atoms with Crippen molar-refractivity contribution in [2.45, 2.75) is 9.07 Å². The lowest BCUT2D eigenvalue weighted by atomic mass is 10.3. The Morgan fingerprint density at radius 3 is 1.57 bits per heavy atom. The van der Waals surface area contributed by atoms with Crippen LogP contribution in [-0.4, -0.2) is 2.14 Å². The lowest BCUT2D eigenvalue weighted by Gasteiger charge is -2.15. The van der Waals surface area contributed by atoms with Crippen LogP contribution >= 0.6 is 47.8 Å². The molecular formula is C4H6Br3. The van der Waals surface area contributed by atoms with E-state index in [2.05, 4.69) is 54.7 Å². The third kappa shape index (κ3) is 3.98. The molecule has 0 nitrogen and oxygen atoms in total. The Balaban J connectivity index is 3.54. The molecule has 0 aliphatic heterocycles. The molecule has 7 heavy (non-hydrogen) atoms. The van der Waals surface area contributed by atoms with Gasteiger partial charge in [0.1, 0.15) is 2.14 Å². The number of alkyl halides is 3. The Bertz CT molecular complexity index is 52.4. The second-order valence-corrected chi connectivity index (χ2v) is 8.39. The van der Waals surface area contributed by atoms with Gasteiger partial charge in [0.15, 0.2) is 0 Å². The number of hydrogen-bond acceptors (Lipinski definition) is 0. The molecule has 43 valence electrons. The van der Waals surface area contributed by atoms with Gasteiger partial charge in [-0.2, -0.15) is 0 Å². The highest BCUT2D eigenvalue weighted by Gasteiger charge is 2.21. The minimum Gasteiger partial charge on any atom is -0.0596 e. The summed E-state index contributed by atoms with van der Waals surface area (Å²) in [5.74, 6) is 0.299. The van der Waals surface area contributed by atoms with E-state index in [1.54, 1.807) is 0 Å². The topological polar surface area (TPSA) is 0 Å². The zero-order valence-corrected chi connectivity index (χ0v) is 8.68. The van der Waals surface area contributed by atoms with Crippen LogP contribution in [-0.2, 0) is 0 Å². The van der Waals surface area contributed by atoms with Crippen molar-refractivity contribution < 1.29 is 0 Å². The number of hydrogen-bond donors (Lipinski definition) is 0. The van der Waals surface area contributed by atoms with Crippen LogP contribution < -0.4 is 0 Å². The van der Waals surface area contributed by atoms with Crippen molar-refractivity contribution in [1.82, 2.24) is 0 Å². The highest BCUT2D eigenvalue weighted by Crippen LogP contribution is 2.40. The largest absolute Gasteiger partial charge is 0.137 e. The van der Waals surface area contributed by atoms with Crippen molar-refractivity contribution in [2.75, 3.05) is 0 Å². The molecule has 0 aromatic heterocycles. The molecule has 1 atom stereocenters. The van der Waals surface area contributed by atoms with Gasteiger partial charge in [0, 0.05) is 0 Å². The summed E-state index contributed by atoms with van der Waals surface area (Å²) in [5.41, 5.74) is 0. The minimum absolute atomic E-state index is 0.174. The van der Waals surface area contributed by atoms with E-state index in [9.17, 15) is 0 Å². The van der Waals surface area contributed by atoms with E-state index in [1.807, 2.05) is 6.92 Å². The summed E-state index contributed by atoms with van der Waals surface area (Å²) >= 11 is 9.94. The fourth-order valence-electron chi connectivity index (χ4n) is 0. The monoisotopic (exact) mass is 291 g/mol. The van der Waals surface area contributed by atoms with E-state index in [0.29, 0.717) is 5.92 Å². The third-order valence-electron chi connectivity index (χ3n) is 0.559. The predicted molar refractivity (Wildman–Crippen MR) is 44.0 cm³/mol. The van der Waals surface area contributed by atoms with Crippen molar-refractivity contribution in [2.24, 2.45) is 5.92 Å². The summed E-state index contributed by atoms with van der Waals surface area (Å²) in [6.07, 6.45) is 0. The summed E-state index contributed by atoms with van der Waals surface area (Å²) in [7, 11) is 0. The van der Waals surface area contributed by atoms with E-state index < -0.39 is 0 Å². The Labute approximate surface area is 69.4 Å². The van der Waals surface area contributed by atoms with Gasteiger partial charge in [0.25, 0.3) is 0 Å². The average Bonchev–Trinajstić information content (AvgIpc) is 1.31. The van der Waals surface area contributed by atoms with Gasteiger partial charge in [0.05, 0.1) is 0 Å². The number of halogens is 3. The predicted octanol–water partition coefficient (Wildman–Crippen LogP) is 3.30. The summed E-state index contributed by atoms with van der Waals surface area (Å²) in [4.78, 5) is 0. The molecule has 0 spiro atoms. The lowest BCUT2D eigenvalue weighted by molar-refractivity contribution is 0.799. The molecule has 0 aromatic carbocycles. The maximum Gasteiger partial charge on any atom is 0.137 e. The van der Waals surface area contributed by atoms with Crippen LogP contribution in [0.5, 0.6) is 0 Å². The van der Waals surface area contributed by atoms with Crippen LogP contribution in [0.25, 0.3) is 0 Å². The summed E-state index contributed by atoms with van der Waals surface area (Å²) in [6.45, 7) is 5.77. The Morgan fingerprint density at radius 2 is 1.57 bits per heavy atom. The highest BCUT2D eigenvalue weighted by atomic mass is 80.0. The number of rotatable bonds is 0. The Kier molecular flexibility index (Phi) is 3.41. The van der Waals surface area contributed by atoms with Gasteiger partial charge in [-0.3, -0.25) is 0 Å². The average molecular weight is 294 g/mol. The molecule has 1 unspecified atom stereocenters. The summed E-state index contributed by atoms with van der Waals surface area (Å²) < 4.78 is -0.174. The van der Waals surface area contributed by atoms with Crippen molar-refractivity contribution in [3.05, 3.63) is 6.92 Å². The van der Waals surface area contributed by atoms with Crippen molar-refractivity contribution in [3.63, 3.8) is 0 Å². The maximum absolute atomic E-state index is 3.77. The molecule has 0 aliphatic rings. The zero-order valence-electron chi connectivity index (χ0n) is 3.92. The first-order chi connectivity index (χ1) is 2.94. The summed E-state index contributed by atoms with van der Waals surface area (Å²) in [6, 6.07) is 0. The first-order valence-corrected chi connectivity index (χ1v) is 4.22. The molecule has 0 saturated carbocycles. The SMILES string of the molecule is [CH2]C(C)C(Br)(Br)Br. The molecule has 0 aliphatic carbocycles. The van der Waals surface area contributed by atoms with Crippen LogP contribution in [0.2, 0.25) is 0 Å². The molecule has 3 heteroatoms. The lowest BCUT2D eigenvalue weighted by Crippen LogP contribution is -2.08. The van der Waals surface area contributed by atoms with E-state index in [0.717, 1.165) is 0 Å². The van der Waals surface area contributed by atoms with Gasteiger partial charge in [-0.25, -0.2) is 0 Å². The van der Waals surface area contributed by atoms with Gasteiger partial charge < -0.3 is 0 Å². The maximum atomic E-state index is 3.77. The van der Waals surface area contributed by atoms with Crippen molar-refractivity contribution in [1.29, 1.82) is 0 Å². The molecule has 0 amide bonds. The molecule has 0 rings (SSSR count). The first kappa shape index (κ1) is 8.44. The molecule has 0 bridgehead atoms. The van der Waals surface area contributed by atoms with E-state index in [-0.39, 0.29) is 2.14 Å². The smallest absolute Gasteiger partial charge is 0.0596 e. The highest BCUT2D eigenvalue weighted by molar-refractivity contribution is 9.39. The Morgan fingerprint density at radius 1 is 1.43 bits per heavy atom. The molecular weight excluding hydrogens is 288 g/mol. The first-order valence-electron chi connectivity index (χ1n) is 1.84. The van der Waals surface area contributed by atoms with Gasteiger partial charge >= 0.3 is 0 Å². The van der Waals surface area contributed by atoms with Gasteiger partial charge in [-0.05, 0) is 12.8 Å². The van der Waals surface area contributed by atoms with Crippen LogP contribution in [0, 0.1) is 12.8 Å². The van der Waals surface area contributed by atoms with Crippen LogP contribution in [0.15, 0.2) is 0 Å². The normalized spacial score (nSPS) is 12.9. The fraction of sp³-hybridized carbons (Fsp3) is 0.750. The van der Waals surface area contributed by atoms with Gasteiger partial charge in [0.2, 0.25) is 0 Å². The fourth-order valence-corrected chi connectivity index (χ4v) is 0. The van der Waals surface area contributed by atoms with Crippen molar-refractivity contribution >= 4 is 47.8 Å².